The third kappa shape index (κ3) is 4.27. The maximum atomic E-state index is 13.7. The standard InChI is InChI=1S/C25H26N2O3S/c1-3-17-8-6-9-18(16-17)26-24(28)22-19-10-4-5-11-20(19)25(29)27(13-14-30-2)23(22)21-12-7-15-31-21/h4-12,15-16,22-23H,3,13-14H2,1-2H3,(H,26,28)/t22-,23+/m0/s1. The summed E-state index contributed by atoms with van der Waals surface area (Å²) in [6, 6.07) is 18.9. The second kappa shape index (κ2) is 9.45. The molecule has 0 fully saturated rings. The molecule has 0 aliphatic carbocycles. The highest BCUT2D eigenvalue weighted by molar-refractivity contribution is 7.10. The predicted molar refractivity (Wildman–Crippen MR) is 124 cm³/mol. The van der Waals surface area contributed by atoms with Crippen LogP contribution in [0.5, 0.6) is 0 Å². The van der Waals surface area contributed by atoms with E-state index in [9.17, 15) is 9.59 Å². The van der Waals surface area contributed by atoms with Gasteiger partial charge in [0.2, 0.25) is 5.91 Å². The Morgan fingerprint density at radius 3 is 2.71 bits per heavy atom. The summed E-state index contributed by atoms with van der Waals surface area (Å²) < 4.78 is 5.27. The van der Waals surface area contributed by atoms with Crippen LogP contribution in [0.15, 0.2) is 66.0 Å². The molecule has 0 spiro atoms. The molecule has 6 heteroatoms. The molecule has 2 amide bonds. The lowest BCUT2D eigenvalue weighted by Crippen LogP contribution is -2.47. The molecular formula is C25H26N2O3S. The average molecular weight is 435 g/mol. The maximum absolute atomic E-state index is 13.7. The number of nitrogens with zero attached hydrogens (tertiary/aromatic N) is 1. The van der Waals surface area contributed by atoms with E-state index in [-0.39, 0.29) is 17.9 Å². The number of hydrogen-bond acceptors (Lipinski definition) is 4. The Morgan fingerprint density at radius 1 is 1.13 bits per heavy atom. The van der Waals surface area contributed by atoms with Gasteiger partial charge in [-0.2, -0.15) is 0 Å². The van der Waals surface area contributed by atoms with Crippen molar-refractivity contribution in [2.45, 2.75) is 25.3 Å². The zero-order valence-corrected chi connectivity index (χ0v) is 18.5. The van der Waals surface area contributed by atoms with Crippen molar-refractivity contribution >= 4 is 28.8 Å². The van der Waals surface area contributed by atoms with E-state index in [1.807, 2.05) is 60.0 Å². The third-order valence-corrected chi connectivity index (χ3v) is 6.64. The van der Waals surface area contributed by atoms with Gasteiger partial charge in [0, 0.05) is 29.8 Å². The van der Waals surface area contributed by atoms with Crippen molar-refractivity contribution in [2.24, 2.45) is 0 Å². The molecule has 2 aromatic carbocycles. The van der Waals surface area contributed by atoms with Gasteiger partial charge < -0.3 is 15.0 Å². The Kier molecular flexibility index (Phi) is 6.49. The predicted octanol–water partition coefficient (Wildman–Crippen LogP) is 4.88. The minimum absolute atomic E-state index is 0.0666. The normalized spacial score (nSPS) is 18.0. The smallest absolute Gasteiger partial charge is 0.254 e. The van der Waals surface area contributed by atoms with Gasteiger partial charge in [0.15, 0.2) is 0 Å². The average Bonchev–Trinajstić information content (AvgIpc) is 3.33. The molecule has 160 valence electrons. The van der Waals surface area contributed by atoms with Crippen LogP contribution in [0.3, 0.4) is 0 Å². The summed E-state index contributed by atoms with van der Waals surface area (Å²) in [7, 11) is 1.62. The van der Waals surface area contributed by atoms with Crippen molar-refractivity contribution in [1.82, 2.24) is 4.90 Å². The van der Waals surface area contributed by atoms with Gasteiger partial charge in [-0.15, -0.1) is 11.3 Å². The van der Waals surface area contributed by atoms with Crippen molar-refractivity contribution in [1.29, 1.82) is 0 Å². The molecule has 0 saturated heterocycles. The quantitative estimate of drug-likeness (QED) is 0.577. The Labute approximate surface area is 186 Å². The highest BCUT2D eigenvalue weighted by atomic mass is 32.1. The minimum Gasteiger partial charge on any atom is -0.383 e. The minimum atomic E-state index is -0.519. The SMILES string of the molecule is CCc1cccc(NC(=O)[C@H]2c3ccccc3C(=O)N(CCOC)[C@@H]2c2cccs2)c1. The van der Waals surface area contributed by atoms with E-state index in [1.165, 1.54) is 0 Å². The number of fused-ring (bicyclic) bond motifs is 1. The van der Waals surface area contributed by atoms with Crippen molar-refractivity contribution in [2.75, 3.05) is 25.6 Å². The lowest BCUT2D eigenvalue weighted by molar-refractivity contribution is -0.119. The second-order valence-corrected chi connectivity index (χ2v) is 8.54. The number of rotatable bonds is 7. The fraction of sp³-hybridized carbons (Fsp3) is 0.280. The number of carbonyl (C=O) groups is 2. The molecule has 1 N–H and O–H groups in total. The summed E-state index contributed by atoms with van der Waals surface area (Å²) in [4.78, 5) is 29.8. The molecule has 2 atom stereocenters. The molecule has 1 aliphatic heterocycles. The number of hydrogen-bond donors (Lipinski definition) is 1. The van der Waals surface area contributed by atoms with Crippen LogP contribution >= 0.6 is 11.3 Å². The van der Waals surface area contributed by atoms with Crippen LogP contribution < -0.4 is 5.32 Å². The van der Waals surface area contributed by atoms with Crippen molar-refractivity contribution in [3.05, 3.63) is 87.6 Å². The first kappa shape index (κ1) is 21.3. The number of benzene rings is 2. The monoisotopic (exact) mass is 434 g/mol. The van der Waals surface area contributed by atoms with E-state index in [0.29, 0.717) is 18.7 Å². The molecule has 1 aromatic heterocycles. The summed E-state index contributed by atoms with van der Waals surface area (Å²) in [5.74, 6) is -0.702. The van der Waals surface area contributed by atoms with Crippen LogP contribution in [0.2, 0.25) is 0 Å². The Morgan fingerprint density at radius 2 is 1.97 bits per heavy atom. The number of nitrogens with one attached hydrogen (secondary N) is 1. The number of anilines is 1. The van der Waals surface area contributed by atoms with Gasteiger partial charge in [-0.05, 0) is 47.2 Å². The molecule has 2 heterocycles. The fourth-order valence-electron chi connectivity index (χ4n) is 4.18. The van der Waals surface area contributed by atoms with E-state index in [4.69, 9.17) is 4.74 Å². The molecule has 0 radical (unpaired) electrons. The molecular weight excluding hydrogens is 408 g/mol. The molecule has 0 bridgehead atoms. The first-order chi connectivity index (χ1) is 15.1. The molecule has 1 aliphatic rings. The zero-order valence-electron chi connectivity index (χ0n) is 17.7. The number of methoxy groups -OCH3 is 1. The van der Waals surface area contributed by atoms with Gasteiger partial charge in [-0.1, -0.05) is 43.3 Å². The number of carbonyl (C=O) groups excluding carboxylic acids is 2. The van der Waals surface area contributed by atoms with Crippen LogP contribution in [0.1, 0.15) is 45.2 Å². The van der Waals surface area contributed by atoms with E-state index in [1.54, 1.807) is 29.4 Å². The number of thiophene rings is 1. The van der Waals surface area contributed by atoms with Gasteiger partial charge >= 0.3 is 0 Å². The van der Waals surface area contributed by atoms with Crippen molar-refractivity contribution in [3.63, 3.8) is 0 Å². The highest BCUT2D eigenvalue weighted by Gasteiger charge is 2.44. The van der Waals surface area contributed by atoms with Crippen LogP contribution in [-0.2, 0) is 16.0 Å². The van der Waals surface area contributed by atoms with Crippen LogP contribution in [0, 0.1) is 0 Å². The summed E-state index contributed by atoms with van der Waals surface area (Å²) in [6.45, 7) is 2.91. The first-order valence-electron chi connectivity index (χ1n) is 10.5. The van der Waals surface area contributed by atoms with Gasteiger partial charge in [-0.25, -0.2) is 0 Å². The van der Waals surface area contributed by atoms with Gasteiger partial charge in [0.25, 0.3) is 5.91 Å². The third-order valence-electron chi connectivity index (χ3n) is 5.69. The molecule has 0 saturated carbocycles. The molecule has 4 rings (SSSR count). The number of amides is 2. The fourth-order valence-corrected chi connectivity index (χ4v) is 5.05. The molecule has 31 heavy (non-hydrogen) atoms. The zero-order chi connectivity index (χ0) is 21.8. The molecule has 5 nitrogen and oxygen atoms in total. The first-order valence-corrected chi connectivity index (χ1v) is 11.3. The van der Waals surface area contributed by atoms with Crippen molar-refractivity contribution < 1.29 is 14.3 Å². The van der Waals surface area contributed by atoms with E-state index in [2.05, 4.69) is 12.2 Å². The lowest BCUT2D eigenvalue weighted by atomic mass is 9.81. The summed E-state index contributed by atoms with van der Waals surface area (Å²) in [5, 5.41) is 5.09. The topological polar surface area (TPSA) is 58.6 Å². The van der Waals surface area contributed by atoms with E-state index in [0.717, 1.165) is 28.1 Å². The summed E-state index contributed by atoms with van der Waals surface area (Å²) in [6.07, 6.45) is 0.896. The van der Waals surface area contributed by atoms with Gasteiger partial charge in [-0.3, -0.25) is 9.59 Å². The van der Waals surface area contributed by atoms with Gasteiger partial charge in [0.1, 0.15) is 0 Å². The summed E-state index contributed by atoms with van der Waals surface area (Å²) >= 11 is 1.56. The van der Waals surface area contributed by atoms with Crippen LogP contribution in [0.4, 0.5) is 5.69 Å². The number of ether oxygens (including phenoxy) is 1. The number of aryl methyl sites for hydroxylation is 1. The largest absolute Gasteiger partial charge is 0.383 e. The Bertz CT molecular complexity index is 1060. The second-order valence-electron chi connectivity index (χ2n) is 7.56. The van der Waals surface area contributed by atoms with Crippen molar-refractivity contribution in [3.8, 4) is 0 Å². The van der Waals surface area contributed by atoms with Crippen LogP contribution in [-0.4, -0.2) is 37.0 Å². The Hall–Kier alpha value is -2.96. The molecule has 3 aromatic rings. The van der Waals surface area contributed by atoms with E-state index >= 15 is 0 Å². The lowest BCUT2D eigenvalue weighted by Gasteiger charge is -2.41. The molecule has 0 unspecified atom stereocenters. The summed E-state index contributed by atoms with van der Waals surface area (Å²) in [5.41, 5.74) is 3.28. The van der Waals surface area contributed by atoms with Gasteiger partial charge in [0.05, 0.1) is 18.6 Å². The highest BCUT2D eigenvalue weighted by Crippen LogP contribution is 2.44. The van der Waals surface area contributed by atoms with Crippen LogP contribution in [0.25, 0.3) is 0 Å². The van der Waals surface area contributed by atoms with E-state index < -0.39 is 5.92 Å². The maximum Gasteiger partial charge on any atom is 0.254 e. The Balaban J connectivity index is 1.78.